The van der Waals surface area contributed by atoms with Crippen molar-refractivity contribution < 1.29 is 4.74 Å². The molecule has 1 aromatic heterocycles. The Morgan fingerprint density at radius 3 is 2.38 bits per heavy atom. The molecule has 0 aliphatic carbocycles. The van der Waals surface area contributed by atoms with Crippen LogP contribution < -0.4 is 4.74 Å². The molecule has 124 valence electrons. The Balaban J connectivity index is 2.49. The van der Waals surface area contributed by atoms with E-state index in [9.17, 15) is 0 Å². The van der Waals surface area contributed by atoms with E-state index < -0.39 is 0 Å². The summed E-state index contributed by atoms with van der Waals surface area (Å²) < 4.78 is 5.34. The first-order valence-corrected chi connectivity index (χ1v) is 8.07. The van der Waals surface area contributed by atoms with Gasteiger partial charge in [0, 0.05) is 11.1 Å². The lowest BCUT2D eigenvalue weighted by Gasteiger charge is -2.19. The summed E-state index contributed by atoms with van der Waals surface area (Å²) in [5.41, 5.74) is 5.20. The molecule has 3 nitrogen and oxygen atoms in total. The summed E-state index contributed by atoms with van der Waals surface area (Å²) in [6, 6.07) is 14.6. The van der Waals surface area contributed by atoms with E-state index in [-0.39, 0.29) is 5.41 Å². The number of nitrogens with zero attached hydrogens (tertiary/aromatic N) is 2. The third-order valence-electron chi connectivity index (χ3n) is 3.98. The Labute approximate surface area is 144 Å². The molecular weight excluding hydrogens is 296 g/mol. The molecule has 0 radical (unpaired) electrons. The molecular formula is C21H24N2O. The van der Waals surface area contributed by atoms with Gasteiger partial charge < -0.3 is 4.74 Å². The van der Waals surface area contributed by atoms with Crippen LogP contribution in [0.1, 0.15) is 49.6 Å². The number of rotatable bonds is 4. The maximum atomic E-state index is 8.96. The fourth-order valence-electron chi connectivity index (χ4n) is 2.53. The van der Waals surface area contributed by atoms with Crippen LogP contribution in [0.2, 0.25) is 0 Å². The van der Waals surface area contributed by atoms with E-state index in [0.717, 1.165) is 22.4 Å². The molecule has 0 aliphatic rings. The number of pyridine rings is 1. The minimum Gasteiger partial charge on any atom is -0.481 e. The maximum absolute atomic E-state index is 8.96. The number of aryl methyl sites for hydroxylation is 1. The highest BCUT2D eigenvalue weighted by molar-refractivity contribution is 5.78. The molecule has 0 unspecified atom stereocenters. The highest BCUT2D eigenvalue weighted by Gasteiger charge is 2.15. The summed E-state index contributed by atoms with van der Waals surface area (Å²) in [6.45, 7) is 8.55. The van der Waals surface area contributed by atoms with Crippen LogP contribution in [-0.4, -0.2) is 12.1 Å². The molecule has 2 aromatic rings. The molecule has 0 bridgehead atoms. The molecule has 0 spiro atoms. The zero-order valence-corrected chi connectivity index (χ0v) is 15.1. The van der Waals surface area contributed by atoms with Crippen LogP contribution in [0.25, 0.3) is 5.57 Å². The lowest BCUT2D eigenvalue weighted by Crippen LogP contribution is -2.10. The molecule has 3 heteroatoms. The summed E-state index contributed by atoms with van der Waals surface area (Å²) >= 11 is 0. The second-order valence-electron chi connectivity index (χ2n) is 6.83. The molecule has 24 heavy (non-hydrogen) atoms. The Morgan fingerprint density at radius 2 is 1.83 bits per heavy atom. The molecule has 0 N–H and O–H groups in total. The fourth-order valence-corrected chi connectivity index (χ4v) is 2.53. The van der Waals surface area contributed by atoms with Gasteiger partial charge in [0.05, 0.1) is 25.3 Å². The molecule has 1 heterocycles. The summed E-state index contributed by atoms with van der Waals surface area (Å²) in [7, 11) is 1.62. The number of nitriles is 1. The van der Waals surface area contributed by atoms with Crippen LogP contribution in [0, 0.1) is 18.3 Å². The number of ether oxygens (including phenoxy) is 1. The number of hydrogen-bond acceptors (Lipinski definition) is 3. The second-order valence-corrected chi connectivity index (χ2v) is 6.83. The summed E-state index contributed by atoms with van der Waals surface area (Å²) in [6.07, 6.45) is 2.26. The topological polar surface area (TPSA) is 45.9 Å². The molecule has 0 saturated carbocycles. The van der Waals surface area contributed by atoms with E-state index >= 15 is 0 Å². The largest absolute Gasteiger partial charge is 0.481 e. The van der Waals surface area contributed by atoms with Crippen molar-refractivity contribution in [3.05, 3.63) is 64.9 Å². The van der Waals surface area contributed by atoms with Crippen LogP contribution in [0.3, 0.4) is 0 Å². The van der Waals surface area contributed by atoms with E-state index in [4.69, 9.17) is 10.00 Å². The van der Waals surface area contributed by atoms with Crippen LogP contribution in [0.4, 0.5) is 0 Å². The van der Waals surface area contributed by atoms with Crippen molar-refractivity contribution in [2.24, 2.45) is 0 Å². The number of benzene rings is 1. The van der Waals surface area contributed by atoms with Gasteiger partial charge in [-0.2, -0.15) is 5.26 Å². The van der Waals surface area contributed by atoms with Gasteiger partial charge >= 0.3 is 0 Å². The first-order chi connectivity index (χ1) is 11.4. The van der Waals surface area contributed by atoms with Gasteiger partial charge in [-0.3, -0.25) is 0 Å². The molecule has 2 rings (SSSR count). The minimum atomic E-state index is 0.111. The van der Waals surface area contributed by atoms with Crippen molar-refractivity contribution in [1.29, 1.82) is 5.26 Å². The molecule has 1 aromatic carbocycles. The van der Waals surface area contributed by atoms with E-state index in [1.807, 2.05) is 25.1 Å². The second kappa shape index (κ2) is 7.31. The number of methoxy groups -OCH3 is 1. The van der Waals surface area contributed by atoms with Gasteiger partial charge in [0.15, 0.2) is 0 Å². The van der Waals surface area contributed by atoms with Gasteiger partial charge in [-0.25, -0.2) is 4.98 Å². The molecule has 0 fully saturated rings. The molecule has 0 atom stereocenters. The van der Waals surface area contributed by atoms with Crippen LogP contribution in [0.5, 0.6) is 5.88 Å². The third kappa shape index (κ3) is 4.02. The maximum Gasteiger partial charge on any atom is 0.216 e. The Hall–Kier alpha value is -2.60. The van der Waals surface area contributed by atoms with Crippen molar-refractivity contribution in [1.82, 2.24) is 4.98 Å². The highest BCUT2D eigenvalue weighted by Crippen LogP contribution is 2.28. The lowest BCUT2D eigenvalue weighted by atomic mass is 9.86. The van der Waals surface area contributed by atoms with Gasteiger partial charge in [0.25, 0.3) is 0 Å². The normalized spacial score (nSPS) is 11.9. The van der Waals surface area contributed by atoms with Crippen LogP contribution in [-0.2, 0) is 5.41 Å². The standard InChI is InChI=1S/C21H24N2O/c1-15-8-13-19(23-20(15)24-5)18(7-6-14-22)16-9-11-17(12-10-16)21(2,3)4/h7-13H,6H2,1-5H3/b18-7+. The predicted octanol–water partition coefficient (Wildman–Crippen LogP) is 5.04. The Kier molecular flexibility index (Phi) is 5.41. The van der Waals surface area contributed by atoms with Gasteiger partial charge in [0.2, 0.25) is 5.88 Å². The van der Waals surface area contributed by atoms with Crippen molar-refractivity contribution >= 4 is 5.57 Å². The van der Waals surface area contributed by atoms with Gasteiger partial charge in [-0.05, 0) is 29.5 Å². The summed E-state index contributed by atoms with van der Waals surface area (Å²) in [5, 5.41) is 8.96. The van der Waals surface area contributed by atoms with Crippen molar-refractivity contribution in [3.63, 3.8) is 0 Å². The number of hydrogen-bond donors (Lipinski definition) is 0. The van der Waals surface area contributed by atoms with Gasteiger partial charge in [0.1, 0.15) is 0 Å². The Bertz CT molecular complexity index is 775. The van der Waals surface area contributed by atoms with E-state index in [1.165, 1.54) is 5.56 Å². The fraction of sp³-hybridized carbons (Fsp3) is 0.333. The van der Waals surface area contributed by atoms with Crippen LogP contribution in [0.15, 0.2) is 42.5 Å². The zero-order valence-electron chi connectivity index (χ0n) is 15.1. The third-order valence-corrected chi connectivity index (χ3v) is 3.98. The summed E-state index contributed by atoms with van der Waals surface area (Å²) in [4.78, 5) is 4.59. The molecule has 0 amide bonds. The quantitative estimate of drug-likeness (QED) is 0.792. The first-order valence-electron chi connectivity index (χ1n) is 8.07. The van der Waals surface area contributed by atoms with Crippen molar-refractivity contribution in [2.75, 3.05) is 7.11 Å². The smallest absolute Gasteiger partial charge is 0.216 e. The first kappa shape index (κ1) is 17.7. The van der Waals surface area contributed by atoms with Gasteiger partial charge in [-0.1, -0.05) is 57.2 Å². The van der Waals surface area contributed by atoms with Gasteiger partial charge in [-0.15, -0.1) is 0 Å². The SMILES string of the molecule is COc1nc(/C(=C/CC#N)c2ccc(C(C)(C)C)cc2)ccc1C. The average Bonchev–Trinajstić information content (AvgIpc) is 2.56. The molecule has 0 saturated heterocycles. The number of aromatic nitrogens is 1. The van der Waals surface area contributed by atoms with Crippen molar-refractivity contribution in [3.8, 4) is 11.9 Å². The monoisotopic (exact) mass is 320 g/mol. The van der Waals surface area contributed by atoms with Crippen LogP contribution >= 0.6 is 0 Å². The number of allylic oxidation sites excluding steroid dienone is 1. The van der Waals surface area contributed by atoms with E-state index in [1.54, 1.807) is 7.11 Å². The van der Waals surface area contributed by atoms with E-state index in [2.05, 4.69) is 56.1 Å². The lowest BCUT2D eigenvalue weighted by molar-refractivity contribution is 0.394. The highest BCUT2D eigenvalue weighted by atomic mass is 16.5. The average molecular weight is 320 g/mol. The zero-order chi connectivity index (χ0) is 17.7. The van der Waals surface area contributed by atoms with E-state index in [0.29, 0.717) is 12.3 Å². The Morgan fingerprint density at radius 1 is 1.17 bits per heavy atom. The predicted molar refractivity (Wildman–Crippen MR) is 98.0 cm³/mol. The molecule has 0 aliphatic heterocycles. The minimum absolute atomic E-state index is 0.111. The summed E-state index contributed by atoms with van der Waals surface area (Å²) in [5.74, 6) is 0.613. The van der Waals surface area contributed by atoms with Crippen molar-refractivity contribution in [2.45, 2.75) is 39.5 Å².